The van der Waals surface area contributed by atoms with Crippen molar-refractivity contribution < 1.29 is 24.0 Å². The van der Waals surface area contributed by atoms with E-state index in [2.05, 4.69) is 19.2 Å². The third-order valence-electron chi connectivity index (χ3n) is 7.14. The van der Waals surface area contributed by atoms with E-state index in [-0.39, 0.29) is 23.5 Å². The minimum Gasteiger partial charge on any atom is -0.331 e. The highest BCUT2D eigenvalue weighted by Crippen LogP contribution is 2.66. The number of rotatable bonds is 2. The molecule has 5 rings (SSSR count). The minimum absolute atomic E-state index is 0.0800. The van der Waals surface area contributed by atoms with Gasteiger partial charge in [-0.25, -0.2) is 9.78 Å². The first kappa shape index (κ1) is 16.8. The molecular formula is C18H29NO5. The molecule has 5 aliphatic rings. The molecule has 5 fully saturated rings. The second-order valence-electron chi connectivity index (χ2n) is 8.23. The van der Waals surface area contributed by atoms with Gasteiger partial charge in [-0.05, 0) is 38.5 Å². The lowest BCUT2D eigenvalue weighted by atomic mass is 9.50. The number of hydrogen-bond acceptors (Lipinski definition) is 5. The second-order valence-corrected chi connectivity index (χ2v) is 8.23. The van der Waals surface area contributed by atoms with Gasteiger partial charge >= 0.3 is 0 Å². The molecule has 0 aromatic heterocycles. The van der Waals surface area contributed by atoms with Crippen LogP contribution in [0.2, 0.25) is 0 Å². The SMILES string of the molecule is CCC12CCCC3CCC4(C)OOC31C(OC(NC(C)=O)C2C)O4. The molecule has 4 saturated heterocycles. The van der Waals surface area contributed by atoms with Crippen molar-refractivity contribution in [2.24, 2.45) is 17.3 Å². The van der Waals surface area contributed by atoms with Gasteiger partial charge < -0.3 is 14.8 Å². The minimum atomic E-state index is -0.770. The van der Waals surface area contributed by atoms with E-state index < -0.39 is 17.7 Å². The van der Waals surface area contributed by atoms with Crippen molar-refractivity contribution in [3.8, 4) is 0 Å². The molecule has 2 bridgehead atoms. The average Bonchev–Trinajstić information content (AvgIpc) is 2.76. The lowest BCUT2D eigenvalue weighted by Gasteiger charge is -2.65. The van der Waals surface area contributed by atoms with Gasteiger partial charge in [-0.2, -0.15) is 0 Å². The van der Waals surface area contributed by atoms with Crippen molar-refractivity contribution in [3.05, 3.63) is 0 Å². The second kappa shape index (κ2) is 5.40. The van der Waals surface area contributed by atoms with Gasteiger partial charge in [-0.15, -0.1) is 0 Å². The molecular weight excluding hydrogens is 310 g/mol. The molecule has 6 nitrogen and oxygen atoms in total. The van der Waals surface area contributed by atoms with Crippen LogP contribution in [0, 0.1) is 17.3 Å². The van der Waals surface area contributed by atoms with Crippen LogP contribution in [0.3, 0.4) is 0 Å². The number of carbonyl (C=O) groups is 1. The van der Waals surface area contributed by atoms with Gasteiger partial charge in [0.1, 0.15) is 6.23 Å². The van der Waals surface area contributed by atoms with Gasteiger partial charge in [0.25, 0.3) is 0 Å². The van der Waals surface area contributed by atoms with E-state index in [1.165, 1.54) is 13.3 Å². The molecule has 1 spiro atoms. The van der Waals surface area contributed by atoms with E-state index in [1.807, 2.05) is 6.92 Å². The Morgan fingerprint density at radius 2 is 2.04 bits per heavy atom. The largest absolute Gasteiger partial charge is 0.331 e. The van der Waals surface area contributed by atoms with Crippen LogP contribution >= 0.6 is 0 Å². The zero-order valence-electron chi connectivity index (χ0n) is 15.1. The van der Waals surface area contributed by atoms with Crippen molar-refractivity contribution in [1.29, 1.82) is 0 Å². The summed E-state index contributed by atoms with van der Waals surface area (Å²) in [5.74, 6) is -0.362. The van der Waals surface area contributed by atoms with Gasteiger partial charge in [0, 0.05) is 24.7 Å². The predicted octanol–water partition coefficient (Wildman–Crippen LogP) is 2.86. The number of fused-ring (bicyclic) bond motifs is 2. The maximum Gasteiger partial charge on any atom is 0.218 e. The van der Waals surface area contributed by atoms with Crippen LogP contribution in [0.25, 0.3) is 0 Å². The maximum atomic E-state index is 11.7. The summed E-state index contributed by atoms with van der Waals surface area (Å²) >= 11 is 0. The van der Waals surface area contributed by atoms with Gasteiger partial charge in [0.2, 0.25) is 11.7 Å². The molecule has 1 aliphatic carbocycles. The quantitative estimate of drug-likeness (QED) is 0.784. The van der Waals surface area contributed by atoms with Crippen molar-refractivity contribution in [3.63, 3.8) is 0 Å². The zero-order valence-corrected chi connectivity index (χ0v) is 15.1. The molecule has 1 amide bonds. The van der Waals surface area contributed by atoms with Gasteiger partial charge in [-0.1, -0.05) is 20.3 Å². The van der Waals surface area contributed by atoms with Crippen LogP contribution in [0.5, 0.6) is 0 Å². The molecule has 1 N–H and O–H groups in total. The predicted molar refractivity (Wildman–Crippen MR) is 85.3 cm³/mol. The number of nitrogens with one attached hydrogen (secondary N) is 1. The Balaban J connectivity index is 1.82. The Morgan fingerprint density at radius 1 is 1.25 bits per heavy atom. The lowest BCUT2D eigenvalue weighted by Crippen LogP contribution is -2.75. The molecule has 1 saturated carbocycles. The Kier molecular flexibility index (Phi) is 3.77. The highest BCUT2D eigenvalue weighted by molar-refractivity contribution is 5.73. The Labute approximate surface area is 143 Å². The van der Waals surface area contributed by atoms with E-state index in [4.69, 9.17) is 19.2 Å². The highest BCUT2D eigenvalue weighted by Gasteiger charge is 2.74. The van der Waals surface area contributed by atoms with E-state index >= 15 is 0 Å². The summed E-state index contributed by atoms with van der Waals surface area (Å²) in [6, 6.07) is 0. The highest BCUT2D eigenvalue weighted by atomic mass is 17.3. The summed E-state index contributed by atoms with van der Waals surface area (Å²) in [5.41, 5.74) is -0.706. The molecule has 4 heterocycles. The summed E-state index contributed by atoms with van der Waals surface area (Å²) in [4.78, 5) is 23.7. The van der Waals surface area contributed by atoms with Crippen LogP contribution in [0.15, 0.2) is 0 Å². The van der Waals surface area contributed by atoms with Crippen LogP contribution < -0.4 is 5.32 Å². The molecule has 0 aromatic rings. The van der Waals surface area contributed by atoms with Crippen molar-refractivity contribution in [2.45, 2.75) is 90.1 Å². The first-order chi connectivity index (χ1) is 11.4. The summed E-state index contributed by atoms with van der Waals surface area (Å²) in [6.07, 6.45) is 5.24. The van der Waals surface area contributed by atoms with Crippen molar-refractivity contribution in [1.82, 2.24) is 5.32 Å². The first-order valence-electron chi connectivity index (χ1n) is 9.34. The van der Waals surface area contributed by atoms with Crippen LogP contribution in [0.4, 0.5) is 0 Å². The maximum absolute atomic E-state index is 11.7. The number of hydrogen-bond donors (Lipinski definition) is 1. The molecule has 0 aromatic carbocycles. The smallest absolute Gasteiger partial charge is 0.218 e. The van der Waals surface area contributed by atoms with E-state index in [0.717, 1.165) is 32.1 Å². The summed E-state index contributed by atoms with van der Waals surface area (Å²) in [6.45, 7) is 7.83. The van der Waals surface area contributed by atoms with Gasteiger partial charge in [-0.3, -0.25) is 4.79 Å². The van der Waals surface area contributed by atoms with Crippen molar-refractivity contribution >= 4 is 5.91 Å². The van der Waals surface area contributed by atoms with Crippen molar-refractivity contribution in [2.75, 3.05) is 0 Å². The molecule has 0 radical (unpaired) electrons. The average molecular weight is 339 g/mol. The summed E-state index contributed by atoms with van der Waals surface area (Å²) in [5, 5.41) is 2.98. The Hall–Kier alpha value is -0.690. The standard InChI is InChI=1S/C18H29NO5/c1-5-17-9-6-7-13-8-10-16(4)22-15(18(13,17)24-23-16)21-14(11(17)2)19-12(3)20/h11,13-15H,5-10H2,1-4H3,(H,19,20). The van der Waals surface area contributed by atoms with Gasteiger partial charge in [0.15, 0.2) is 11.9 Å². The van der Waals surface area contributed by atoms with E-state index in [1.54, 1.807) is 0 Å². The number of ether oxygens (including phenoxy) is 2. The molecule has 24 heavy (non-hydrogen) atoms. The fourth-order valence-electron chi connectivity index (χ4n) is 5.87. The topological polar surface area (TPSA) is 66.0 Å². The molecule has 4 aliphatic heterocycles. The van der Waals surface area contributed by atoms with Crippen LogP contribution in [0.1, 0.15) is 66.2 Å². The zero-order chi connectivity index (χ0) is 17.2. The third kappa shape index (κ3) is 2.00. The number of amides is 1. The fraction of sp³-hybridized carbons (Fsp3) is 0.944. The molecule has 7 atom stereocenters. The summed E-state index contributed by atoms with van der Waals surface area (Å²) < 4.78 is 12.6. The summed E-state index contributed by atoms with van der Waals surface area (Å²) in [7, 11) is 0. The van der Waals surface area contributed by atoms with Gasteiger partial charge in [0.05, 0.1) is 0 Å². The molecule has 7 unspecified atom stereocenters. The molecule has 136 valence electrons. The third-order valence-corrected chi connectivity index (χ3v) is 7.14. The lowest BCUT2D eigenvalue weighted by molar-refractivity contribution is -0.581. The van der Waals surface area contributed by atoms with Crippen LogP contribution in [-0.2, 0) is 24.0 Å². The number of carbonyl (C=O) groups excluding carboxylic acids is 1. The van der Waals surface area contributed by atoms with E-state index in [0.29, 0.717) is 5.92 Å². The molecule has 6 heteroatoms. The Morgan fingerprint density at radius 3 is 2.75 bits per heavy atom. The monoisotopic (exact) mass is 339 g/mol. The fourth-order valence-corrected chi connectivity index (χ4v) is 5.87. The first-order valence-corrected chi connectivity index (χ1v) is 9.34. The normalized spacial score (nSPS) is 53.2. The van der Waals surface area contributed by atoms with E-state index in [9.17, 15) is 4.79 Å². The van der Waals surface area contributed by atoms with Crippen LogP contribution in [-0.4, -0.2) is 29.8 Å². The Bertz CT molecular complexity index is 542.